The van der Waals surface area contributed by atoms with Gasteiger partial charge in [-0.25, -0.2) is 0 Å². The van der Waals surface area contributed by atoms with Crippen LogP contribution < -0.4 is 30.8 Å². The van der Waals surface area contributed by atoms with Crippen molar-refractivity contribution < 1.29 is 9.47 Å². The first-order chi connectivity index (χ1) is 23.4. The Morgan fingerprint density at radius 2 is 1.15 bits per heavy atom. The van der Waals surface area contributed by atoms with Gasteiger partial charge in [-0.05, 0) is 124 Å². The highest BCUT2D eigenvalue weighted by Crippen LogP contribution is 2.52. The number of nitrogens with zero attached hydrogens (tertiary/aromatic N) is 1. The number of anilines is 3. The van der Waals surface area contributed by atoms with Crippen molar-refractivity contribution in [3.63, 3.8) is 0 Å². The van der Waals surface area contributed by atoms with E-state index >= 15 is 0 Å². The first-order valence-corrected chi connectivity index (χ1v) is 16.7. The van der Waals surface area contributed by atoms with Crippen molar-refractivity contribution in [2.24, 2.45) is 0 Å². The average Bonchev–Trinajstić information content (AvgIpc) is 3.32. The first kappa shape index (κ1) is 27.4. The van der Waals surface area contributed by atoms with Gasteiger partial charge in [-0.3, -0.25) is 0 Å². The molecular formula is C44H32BNO2. The van der Waals surface area contributed by atoms with Crippen LogP contribution in [0.25, 0.3) is 21.9 Å². The van der Waals surface area contributed by atoms with E-state index in [0.717, 1.165) is 45.5 Å². The molecule has 3 aliphatic rings. The Labute approximate surface area is 281 Å². The van der Waals surface area contributed by atoms with E-state index in [-0.39, 0.29) is 12.1 Å². The van der Waals surface area contributed by atoms with Gasteiger partial charge in [0, 0.05) is 27.9 Å². The first-order valence-electron chi connectivity index (χ1n) is 16.7. The molecule has 0 spiro atoms. The highest BCUT2D eigenvalue weighted by Gasteiger charge is 2.43. The standard InChI is InChI=1S/C44H32BNO2/c1-27-17-20-39-37(21-27)45-38-26-36-34(25-42(38)48-41-16-10-15-40(47-39)43(41)45)33-23-28-18-19-32(22-29(28)24-35(33)44(36,2)3)46(30-11-6-4-7-12-30)31-13-8-5-9-14-31/h4-26H,1-3H3. The fourth-order valence-corrected chi connectivity index (χ4v) is 8.25. The Morgan fingerprint density at radius 1 is 0.500 bits per heavy atom. The Kier molecular flexibility index (Phi) is 5.64. The molecule has 0 bridgehead atoms. The van der Waals surface area contributed by atoms with Crippen molar-refractivity contribution in [3.05, 3.63) is 156 Å². The summed E-state index contributed by atoms with van der Waals surface area (Å²) in [5.74, 6) is 3.61. The van der Waals surface area contributed by atoms with E-state index in [0.29, 0.717) is 0 Å². The minimum atomic E-state index is -0.192. The van der Waals surface area contributed by atoms with Gasteiger partial charge in [0.05, 0.1) is 0 Å². The second-order valence-electron chi connectivity index (χ2n) is 13.8. The van der Waals surface area contributed by atoms with Gasteiger partial charge in [0.1, 0.15) is 23.0 Å². The summed E-state index contributed by atoms with van der Waals surface area (Å²) in [7, 11) is 0. The third kappa shape index (κ3) is 3.89. The normalized spacial score (nSPS) is 14.2. The summed E-state index contributed by atoms with van der Waals surface area (Å²) in [5.41, 5.74) is 13.2. The molecule has 7 aromatic carbocycles. The van der Waals surface area contributed by atoms with Crippen LogP contribution in [0.1, 0.15) is 30.5 Å². The van der Waals surface area contributed by atoms with Crippen molar-refractivity contribution in [2.75, 3.05) is 4.90 Å². The predicted octanol–water partition coefficient (Wildman–Crippen LogP) is 9.65. The lowest BCUT2D eigenvalue weighted by Gasteiger charge is -2.34. The summed E-state index contributed by atoms with van der Waals surface area (Å²) >= 11 is 0. The third-order valence-corrected chi connectivity index (χ3v) is 10.6. The lowest BCUT2D eigenvalue weighted by Crippen LogP contribution is -2.57. The van der Waals surface area contributed by atoms with E-state index in [2.05, 4.69) is 159 Å². The SMILES string of the molecule is Cc1ccc2c(c1)B1c3cc4c(cc3Oc3cccc(c31)O2)-c1cc2ccc(N(c3ccccc3)c3ccccc3)cc2cc1C4(C)C. The van der Waals surface area contributed by atoms with Crippen LogP contribution in [0.15, 0.2) is 140 Å². The number of para-hydroxylation sites is 2. The largest absolute Gasteiger partial charge is 0.458 e. The summed E-state index contributed by atoms with van der Waals surface area (Å²) < 4.78 is 13.1. The third-order valence-electron chi connectivity index (χ3n) is 10.6. The van der Waals surface area contributed by atoms with Crippen LogP contribution in [0.4, 0.5) is 17.1 Å². The van der Waals surface area contributed by atoms with Crippen LogP contribution in [0.3, 0.4) is 0 Å². The molecule has 4 heteroatoms. The molecular weight excluding hydrogens is 585 g/mol. The Balaban J connectivity index is 1.13. The summed E-state index contributed by atoms with van der Waals surface area (Å²) in [6, 6.07) is 50.3. The van der Waals surface area contributed by atoms with E-state index in [1.54, 1.807) is 0 Å². The van der Waals surface area contributed by atoms with Gasteiger partial charge in [0.25, 0.3) is 6.71 Å². The van der Waals surface area contributed by atoms with Crippen LogP contribution in [0.2, 0.25) is 0 Å². The average molecular weight is 618 g/mol. The number of hydrogen-bond acceptors (Lipinski definition) is 3. The van der Waals surface area contributed by atoms with Gasteiger partial charge in [-0.2, -0.15) is 0 Å². The molecule has 0 atom stereocenters. The van der Waals surface area contributed by atoms with Gasteiger partial charge in [0.15, 0.2) is 0 Å². The number of rotatable bonds is 3. The topological polar surface area (TPSA) is 21.7 Å². The molecule has 2 heterocycles. The molecule has 0 unspecified atom stereocenters. The Hall–Kier alpha value is -5.74. The number of ether oxygens (including phenoxy) is 2. The van der Waals surface area contributed by atoms with Crippen LogP contribution in [0.5, 0.6) is 23.0 Å². The zero-order valence-corrected chi connectivity index (χ0v) is 27.1. The zero-order valence-electron chi connectivity index (χ0n) is 27.1. The van der Waals surface area contributed by atoms with Crippen molar-refractivity contribution >= 4 is 50.9 Å². The maximum Gasteiger partial charge on any atom is 0.260 e. The Morgan fingerprint density at radius 3 is 1.88 bits per heavy atom. The molecule has 7 aromatic rings. The molecule has 0 N–H and O–H groups in total. The van der Waals surface area contributed by atoms with Gasteiger partial charge >= 0.3 is 0 Å². The maximum absolute atomic E-state index is 6.71. The van der Waals surface area contributed by atoms with Crippen molar-refractivity contribution in [2.45, 2.75) is 26.2 Å². The minimum absolute atomic E-state index is 0.0528. The predicted molar refractivity (Wildman–Crippen MR) is 199 cm³/mol. The molecule has 2 aliphatic heterocycles. The van der Waals surface area contributed by atoms with E-state index in [4.69, 9.17) is 9.47 Å². The summed E-state index contributed by atoms with van der Waals surface area (Å²) in [6.45, 7) is 6.94. The lowest BCUT2D eigenvalue weighted by molar-refractivity contribution is 0.464. The number of fused-ring (bicyclic) bond motifs is 8. The van der Waals surface area contributed by atoms with E-state index in [9.17, 15) is 0 Å². The van der Waals surface area contributed by atoms with Crippen molar-refractivity contribution in [3.8, 4) is 34.1 Å². The molecule has 10 rings (SSSR count). The van der Waals surface area contributed by atoms with Crippen LogP contribution in [0, 0.1) is 6.92 Å². The molecule has 1 aliphatic carbocycles. The highest BCUT2D eigenvalue weighted by atomic mass is 16.5. The van der Waals surface area contributed by atoms with E-state index < -0.39 is 0 Å². The number of aryl methyl sites for hydroxylation is 1. The van der Waals surface area contributed by atoms with Crippen LogP contribution in [-0.2, 0) is 5.41 Å². The quantitative estimate of drug-likeness (QED) is 0.184. The maximum atomic E-state index is 6.71. The molecule has 0 saturated heterocycles. The van der Waals surface area contributed by atoms with Gasteiger partial charge in [-0.1, -0.05) is 86.1 Å². The number of hydrogen-bond donors (Lipinski definition) is 0. The fraction of sp³-hybridized carbons (Fsp3) is 0.0909. The molecule has 228 valence electrons. The van der Waals surface area contributed by atoms with E-state index in [1.165, 1.54) is 49.5 Å². The summed E-state index contributed by atoms with van der Waals surface area (Å²) in [4.78, 5) is 2.33. The molecule has 3 nitrogen and oxygen atoms in total. The smallest absolute Gasteiger partial charge is 0.260 e. The number of benzene rings is 7. The molecule has 48 heavy (non-hydrogen) atoms. The molecule has 0 amide bonds. The molecule has 0 fully saturated rings. The molecule has 0 aromatic heterocycles. The minimum Gasteiger partial charge on any atom is -0.458 e. The zero-order chi connectivity index (χ0) is 32.1. The lowest BCUT2D eigenvalue weighted by atomic mass is 9.34. The monoisotopic (exact) mass is 617 g/mol. The summed E-state index contributed by atoms with van der Waals surface area (Å²) in [5, 5.41) is 2.46. The Bertz CT molecular complexity index is 2410. The molecule has 0 saturated carbocycles. The van der Waals surface area contributed by atoms with Gasteiger partial charge in [-0.15, -0.1) is 0 Å². The van der Waals surface area contributed by atoms with Crippen molar-refractivity contribution in [1.29, 1.82) is 0 Å². The van der Waals surface area contributed by atoms with Crippen LogP contribution >= 0.6 is 0 Å². The van der Waals surface area contributed by atoms with Gasteiger partial charge in [0.2, 0.25) is 0 Å². The van der Waals surface area contributed by atoms with Crippen LogP contribution in [-0.4, -0.2) is 6.71 Å². The molecule has 0 radical (unpaired) electrons. The van der Waals surface area contributed by atoms with Gasteiger partial charge < -0.3 is 14.4 Å². The summed E-state index contributed by atoms with van der Waals surface area (Å²) in [6.07, 6.45) is 0. The highest BCUT2D eigenvalue weighted by molar-refractivity contribution is 6.98. The second-order valence-corrected chi connectivity index (χ2v) is 13.8. The van der Waals surface area contributed by atoms with Crippen molar-refractivity contribution in [1.82, 2.24) is 0 Å². The second kappa shape index (κ2) is 9.89. The van der Waals surface area contributed by atoms with E-state index in [1.807, 2.05) is 6.07 Å². The fourth-order valence-electron chi connectivity index (χ4n) is 8.25.